The molecular formula is C17H25N3O3. The SMILES string of the molecule is COC1(CCN=C(N)Nc2ccc3c(c2)OCCCO3)CCC1. The number of nitrogens with zero attached hydrogens (tertiary/aromatic N) is 1. The molecule has 0 radical (unpaired) electrons. The Labute approximate surface area is 137 Å². The van der Waals surface area contributed by atoms with Crippen molar-refractivity contribution in [2.45, 2.75) is 37.7 Å². The van der Waals surface area contributed by atoms with Crippen LogP contribution in [0.1, 0.15) is 32.1 Å². The second-order valence-corrected chi connectivity index (χ2v) is 6.09. The zero-order valence-corrected chi connectivity index (χ0v) is 13.6. The van der Waals surface area contributed by atoms with E-state index >= 15 is 0 Å². The summed E-state index contributed by atoms with van der Waals surface area (Å²) in [5.74, 6) is 1.92. The first-order valence-corrected chi connectivity index (χ1v) is 8.23. The van der Waals surface area contributed by atoms with E-state index in [1.165, 1.54) is 6.42 Å². The lowest BCUT2D eigenvalue weighted by Crippen LogP contribution is -2.40. The summed E-state index contributed by atoms with van der Waals surface area (Å²) in [6.07, 6.45) is 5.28. The normalized spacial score (nSPS) is 19.6. The molecule has 0 spiro atoms. The summed E-state index contributed by atoms with van der Waals surface area (Å²) in [6.45, 7) is 2.01. The van der Waals surface area contributed by atoms with Gasteiger partial charge in [0.25, 0.3) is 0 Å². The van der Waals surface area contributed by atoms with Gasteiger partial charge in [0, 0.05) is 31.8 Å². The van der Waals surface area contributed by atoms with Gasteiger partial charge in [0.2, 0.25) is 0 Å². The Bertz CT molecular complexity index is 565. The number of fused-ring (bicyclic) bond motifs is 1. The van der Waals surface area contributed by atoms with Crippen LogP contribution in [0.25, 0.3) is 0 Å². The van der Waals surface area contributed by atoms with E-state index in [-0.39, 0.29) is 5.60 Å². The van der Waals surface area contributed by atoms with Gasteiger partial charge in [-0.2, -0.15) is 0 Å². The topological polar surface area (TPSA) is 78.1 Å². The molecule has 0 bridgehead atoms. The van der Waals surface area contributed by atoms with Crippen LogP contribution < -0.4 is 20.5 Å². The fourth-order valence-corrected chi connectivity index (χ4v) is 2.94. The van der Waals surface area contributed by atoms with Gasteiger partial charge in [-0.1, -0.05) is 0 Å². The largest absolute Gasteiger partial charge is 0.490 e. The van der Waals surface area contributed by atoms with Gasteiger partial charge in [0.05, 0.1) is 18.8 Å². The summed E-state index contributed by atoms with van der Waals surface area (Å²) in [5.41, 5.74) is 6.84. The van der Waals surface area contributed by atoms with Crippen molar-refractivity contribution >= 4 is 11.6 Å². The van der Waals surface area contributed by atoms with Crippen LogP contribution in [-0.4, -0.2) is 38.4 Å². The van der Waals surface area contributed by atoms with Crippen molar-refractivity contribution in [3.63, 3.8) is 0 Å². The molecule has 3 N–H and O–H groups in total. The number of nitrogens with two attached hydrogens (primary N) is 1. The van der Waals surface area contributed by atoms with Gasteiger partial charge in [-0.3, -0.25) is 4.99 Å². The molecule has 3 rings (SSSR count). The van der Waals surface area contributed by atoms with Crippen LogP contribution >= 0.6 is 0 Å². The van der Waals surface area contributed by atoms with Crippen LogP contribution in [0.2, 0.25) is 0 Å². The van der Waals surface area contributed by atoms with Gasteiger partial charge >= 0.3 is 0 Å². The summed E-state index contributed by atoms with van der Waals surface area (Å²) in [7, 11) is 1.78. The first-order chi connectivity index (χ1) is 11.2. The number of aliphatic imine (C=N–C) groups is 1. The number of anilines is 1. The number of hydrogen-bond donors (Lipinski definition) is 2. The molecular weight excluding hydrogens is 294 g/mol. The van der Waals surface area contributed by atoms with E-state index in [1.54, 1.807) is 7.11 Å². The van der Waals surface area contributed by atoms with Crippen LogP contribution in [0.4, 0.5) is 5.69 Å². The van der Waals surface area contributed by atoms with E-state index in [9.17, 15) is 0 Å². The molecule has 1 aliphatic heterocycles. The van der Waals surface area contributed by atoms with Crippen molar-refractivity contribution in [1.82, 2.24) is 0 Å². The predicted octanol–water partition coefficient (Wildman–Crippen LogP) is 2.53. The zero-order chi connectivity index (χ0) is 16.1. The van der Waals surface area contributed by atoms with E-state index in [2.05, 4.69) is 10.3 Å². The first-order valence-electron chi connectivity index (χ1n) is 8.23. The van der Waals surface area contributed by atoms with Gasteiger partial charge in [0.1, 0.15) is 0 Å². The minimum absolute atomic E-state index is 0.0268. The van der Waals surface area contributed by atoms with Crippen LogP contribution in [0, 0.1) is 0 Å². The summed E-state index contributed by atoms with van der Waals surface area (Å²) in [6, 6.07) is 5.70. The third-order valence-electron chi connectivity index (χ3n) is 4.57. The molecule has 0 atom stereocenters. The van der Waals surface area contributed by atoms with Crippen LogP contribution in [0.5, 0.6) is 11.5 Å². The molecule has 1 heterocycles. The zero-order valence-electron chi connectivity index (χ0n) is 13.6. The number of ether oxygens (including phenoxy) is 3. The van der Waals surface area contributed by atoms with E-state index in [1.807, 2.05) is 18.2 Å². The van der Waals surface area contributed by atoms with Crippen LogP contribution in [-0.2, 0) is 4.74 Å². The lowest BCUT2D eigenvalue weighted by molar-refractivity contribution is -0.0754. The van der Waals surface area contributed by atoms with Gasteiger partial charge in [-0.05, 0) is 37.8 Å². The minimum atomic E-state index is 0.0268. The summed E-state index contributed by atoms with van der Waals surface area (Å²) < 4.78 is 16.9. The van der Waals surface area contributed by atoms with Crippen molar-refractivity contribution in [3.05, 3.63) is 18.2 Å². The maximum atomic E-state index is 5.97. The van der Waals surface area contributed by atoms with Crippen molar-refractivity contribution < 1.29 is 14.2 Å². The highest BCUT2D eigenvalue weighted by atomic mass is 16.5. The van der Waals surface area contributed by atoms with Gasteiger partial charge in [-0.25, -0.2) is 0 Å². The highest BCUT2D eigenvalue weighted by molar-refractivity contribution is 5.92. The molecule has 1 saturated carbocycles. The molecule has 2 aliphatic rings. The average molecular weight is 319 g/mol. The summed E-state index contributed by atoms with van der Waals surface area (Å²) in [4.78, 5) is 4.40. The van der Waals surface area contributed by atoms with E-state index < -0.39 is 0 Å². The van der Waals surface area contributed by atoms with Crippen molar-refractivity contribution in [1.29, 1.82) is 0 Å². The monoisotopic (exact) mass is 319 g/mol. The average Bonchev–Trinajstić information content (AvgIpc) is 2.75. The Morgan fingerprint density at radius 1 is 1.26 bits per heavy atom. The Morgan fingerprint density at radius 2 is 2.04 bits per heavy atom. The van der Waals surface area contributed by atoms with Crippen molar-refractivity contribution in [2.75, 3.05) is 32.2 Å². The highest BCUT2D eigenvalue weighted by Gasteiger charge is 2.36. The highest BCUT2D eigenvalue weighted by Crippen LogP contribution is 2.37. The lowest BCUT2D eigenvalue weighted by Gasteiger charge is -2.40. The number of methoxy groups -OCH3 is 1. The third-order valence-corrected chi connectivity index (χ3v) is 4.57. The number of benzene rings is 1. The maximum absolute atomic E-state index is 5.97. The molecule has 6 heteroatoms. The Kier molecular flexibility index (Phi) is 4.91. The van der Waals surface area contributed by atoms with Crippen LogP contribution in [0.15, 0.2) is 23.2 Å². The summed E-state index contributed by atoms with van der Waals surface area (Å²) in [5, 5.41) is 3.10. The standard InChI is InChI=1S/C17H25N3O3/c1-21-17(6-2-7-17)8-9-19-16(18)20-13-4-5-14-15(12-13)23-11-3-10-22-14/h4-5,12H,2-3,6-11H2,1H3,(H3,18,19,20). The van der Waals surface area contributed by atoms with Crippen molar-refractivity contribution in [2.24, 2.45) is 10.7 Å². The number of nitrogens with one attached hydrogen (secondary N) is 1. The van der Waals surface area contributed by atoms with Crippen molar-refractivity contribution in [3.8, 4) is 11.5 Å². The molecule has 0 aromatic heterocycles. The third kappa shape index (κ3) is 3.88. The quantitative estimate of drug-likeness (QED) is 0.644. The molecule has 1 aromatic rings. The second-order valence-electron chi connectivity index (χ2n) is 6.09. The smallest absolute Gasteiger partial charge is 0.193 e. The molecule has 126 valence electrons. The fourth-order valence-electron chi connectivity index (χ4n) is 2.94. The molecule has 23 heavy (non-hydrogen) atoms. The lowest BCUT2D eigenvalue weighted by atomic mass is 9.77. The van der Waals surface area contributed by atoms with E-state index in [0.717, 1.165) is 42.9 Å². The number of rotatable bonds is 5. The van der Waals surface area contributed by atoms with Crippen LogP contribution in [0.3, 0.4) is 0 Å². The Morgan fingerprint density at radius 3 is 2.74 bits per heavy atom. The van der Waals surface area contributed by atoms with E-state index in [4.69, 9.17) is 19.9 Å². The van der Waals surface area contributed by atoms with Gasteiger partial charge in [0.15, 0.2) is 17.5 Å². The molecule has 0 saturated heterocycles. The molecule has 0 unspecified atom stereocenters. The fraction of sp³-hybridized carbons (Fsp3) is 0.588. The summed E-state index contributed by atoms with van der Waals surface area (Å²) >= 11 is 0. The maximum Gasteiger partial charge on any atom is 0.193 e. The van der Waals surface area contributed by atoms with E-state index in [0.29, 0.717) is 25.7 Å². The number of hydrogen-bond acceptors (Lipinski definition) is 4. The Balaban J connectivity index is 1.55. The predicted molar refractivity (Wildman–Crippen MR) is 90.4 cm³/mol. The molecule has 1 aliphatic carbocycles. The molecule has 0 amide bonds. The number of guanidine groups is 1. The second kappa shape index (κ2) is 7.08. The molecule has 1 aromatic carbocycles. The molecule has 6 nitrogen and oxygen atoms in total. The van der Waals surface area contributed by atoms with Gasteiger partial charge < -0.3 is 25.3 Å². The minimum Gasteiger partial charge on any atom is -0.490 e. The molecule has 1 fully saturated rings. The Hall–Kier alpha value is -1.95. The van der Waals surface area contributed by atoms with Gasteiger partial charge in [-0.15, -0.1) is 0 Å². The first kappa shape index (κ1) is 15.9.